The van der Waals surface area contributed by atoms with Gasteiger partial charge in [-0.15, -0.1) is 0 Å². The van der Waals surface area contributed by atoms with Crippen molar-refractivity contribution in [3.8, 4) is 0 Å². The zero-order chi connectivity index (χ0) is 14.9. The molecule has 2 N–H and O–H groups in total. The highest BCUT2D eigenvalue weighted by Gasteiger charge is 2.23. The molecule has 0 aliphatic rings. The summed E-state index contributed by atoms with van der Waals surface area (Å²) < 4.78 is 10.4. The van der Waals surface area contributed by atoms with Crippen molar-refractivity contribution in [2.45, 2.75) is 26.4 Å². The van der Waals surface area contributed by atoms with Crippen LogP contribution in [-0.2, 0) is 14.3 Å². The third kappa shape index (κ3) is 10.3. The Hall–Kier alpha value is -1.34. The second kappa shape index (κ2) is 8.71. The molecule has 0 saturated carbocycles. The van der Waals surface area contributed by atoms with Crippen LogP contribution >= 0.6 is 0 Å². The van der Waals surface area contributed by atoms with Gasteiger partial charge in [0.25, 0.3) is 0 Å². The molecule has 0 aromatic carbocycles. The summed E-state index contributed by atoms with van der Waals surface area (Å²) in [6.07, 6.45) is -0.646. The molecule has 0 aliphatic heterocycles. The third-order valence-corrected chi connectivity index (χ3v) is 1.98. The smallest absolute Gasteiger partial charge is 0.410 e. The molecule has 7 heteroatoms. The van der Waals surface area contributed by atoms with Crippen molar-refractivity contribution in [1.82, 2.24) is 10.2 Å². The van der Waals surface area contributed by atoms with Crippen LogP contribution in [0.3, 0.4) is 0 Å². The maximum Gasteiger partial charge on any atom is 0.410 e. The van der Waals surface area contributed by atoms with Crippen LogP contribution in [0.15, 0.2) is 0 Å². The van der Waals surface area contributed by atoms with Crippen LogP contribution in [0, 0.1) is 0 Å². The van der Waals surface area contributed by atoms with E-state index in [0.717, 1.165) is 4.90 Å². The molecule has 1 amide bonds. The van der Waals surface area contributed by atoms with Crippen LogP contribution in [0.4, 0.5) is 4.79 Å². The minimum absolute atomic E-state index is 0.185. The Balaban J connectivity index is 4.22. The zero-order valence-electron chi connectivity index (χ0n) is 12.1. The van der Waals surface area contributed by atoms with Gasteiger partial charge in [-0.05, 0) is 27.8 Å². The van der Waals surface area contributed by atoms with Crippen LogP contribution in [0.2, 0.25) is 0 Å². The molecule has 0 spiro atoms. The van der Waals surface area contributed by atoms with E-state index < -0.39 is 24.2 Å². The van der Waals surface area contributed by atoms with Crippen LogP contribution in [0.5, 0.6) is 0 Å². The summed E-state index contributed by atoms with van der Waals surface area (Å²) in [5.41, 5.74) is -0.652. The Kier molecular flexibility index (Phi) is 8.09. The molecule has 0 fully saturated rings. The zero-order valence-corrected chi connectivity index (χ0v) is 12.1. The van der Waals surface area contributed by atoms with E-state index in [1.165, 1.54) is 0 Å². The number of ether oxygens (including phenoxy) is 2. The number of nitrogens with zero attached hydrogens (tertiary/aromatic N) is 1. The first kappa shape index (κ1) is 17.7. The molecule has 0 unspecified atom stereocenters. The standard InChI is InChI=1S/C12H24N2O5/c1-12(2,3)19-11(17)14(9-10(15)16)6-8-18-7-5-13-4/h13H,5-9H2,1-4H3,(H,15,16). The number of carbonyl (C=O) groups is 2. The van der Waals surface area contributed by atoms with E-state index in [2.05, 4.69) is 5.32 Å². The maximum absolute atomic E-state index is 11.8. The fourth-order valence-electron chi connectivity index (χ4n) is 1.18. The van der Waals surface area contributed by atoms with E-state index in [9.17, 15) is 9.59 Å². The van der Waals surface area contributed by atoms with Gasteiger partial charge in [0.2, 0.25) is 0 Å². The first-order valence-electron chi connectivity index (χ1n) is 6.18. The summed E-state index contributed by atoms with van der Waals surface area (Å²) >= 11 is 0. The lowest BCUT2D eigenvalue weighted by Gasteiger charge is -2.26. The normalized spacial score (nSPS) is 11.2. The Morgan fingerprint density at radius 3 is 2.37 bits per heavy atom. The monoisotopic (exact) mass is 276 g/mol. The van der Waals surface area contributed by atoms with Gasteiger partial charge in [-0.25, -0.2) is 4.79 Å². The maximum atomic E-state index is 11.8. The number of likely N-dealkylation sites (N-methyl/N-ethyl adjacent to an activating group) is 1. The third-order valence-electron chi connectivity index (χ3n) is 1.98. The average Bonchev–Trinajstić information content (AvgIpc) is 2.24. The largest absolute Gasteiger partial charge is 0.480 e. The first-order chi connectivity index (χ1) is 8.76. The van der Waals surface area contributed by atoms with Crippen LogP contribution < -0.4 is 5.32 Å². The molecule has 112 valence electrons. The van der Waals surface area contributed by atoms with Gasteiger partial charge in [0.05, 0.1) is 13.2 Å². The van der Waals surface area contributed by atoms with E-state index in [1.54, 1.807) is 27.8 Å². The summed E-state index contributed by atoms with van der Waals surface area (Å²) in [6, 6.07) is 0. The summed E-state index contributed by atoms with van der Waals surface area (Å²) in [6.45, 7) is 6.45. The minimum Gasteiger partial charge on any atom is -0.480 e. The molecule has 19 heavy (non-hydrogen) atoms. The van der Waals surface area contributed by atoms with Crippen molar-refractivity contribution in [2.75, 3.05) is 39.9 Å². The number of hydrogen-bond donors (Lipinski definition) is 2. The summed E-state index contributed by atoms with van der Waals surface area (Å²) in [5.74, 6) is -1.08. The molecule has 0 radical (unpaired) electrons. The van der Waals surface area contributed by atoms with Crippen molar-refractivity contribution in [1.29, 1.82) is 0 Å². The summed E-state index contributed by atoms with van der Waals surface area (Å²) in [5, 5.41) is 11.7. The number of carboxylic acid groups (broad SMARTS) is 1. The van der Waals surface area contributed by atoms with Crippen molar-refractivity contribution in [3.05, 3.63) is 0 Å². The molecule has 0 rings (SSSR count). The number of hydrogen-bond acceptors (Lipinski definition) is 5. The van der Waals surface area contributed by atoms with Gasteiger partial charge in [0.15, 0.2) is 0 Å². The van der Waals surface area contributed by atoms with E-state index in [0.29, 0.717) is 13.2 Å². The number of nitrogens with one attached hydrogen (secondary N) is 1. The van der Waals surface area contributed by atoms with E-state index in [-0.39, 0.29) is 13.2 Å². The van der Waals surface area contributed by atoms with Gasteiger partial charge >= 0.3 is 12.1 Å². The average molecular weight is 276 g/mol. The van der Waals surface area contributed by atoms with Crippen LogP contribution in [-0.4, -0.2) is 67.6 Å². The molecule has 0 atom stereocenters. The summed E-state index contributed by atoms with van der Waals surface area (Å²) in [7, 11) is 1.81. The van der Waals surface area contributed by atoms with E-state index in [1.807, 2.05) is 0 Å². The van der Waals surface area contributed by atoms with Gasteiger partial charge in [-0.1, -0.05) is 0 Å². The first-order valence-corrected chi connectivity index (χ1v) is 6.18. The molecular formula is C12H24N2O5. The fourth-order valence-corrected chi connectivity index (χ4v) is 1.18. The molecule has 0 heterocycles. The Bertz CT molecular complexity index is 288. The lowest BCUT2D eigenvalue weighted by molar-refractivity contribution is -0.138. The van der Waals surface area contributed by atoms with Gasteiger partial charge < -0.3 is 19.9 Å². The molecule has 0 bridgehead atoms. The Morgan fingerprint density at radius 1 is 1.26 bits per heavy atom. The van der Waals surface area contributed by atoms with Crippen LogP contribution in [0.1, 0.15) is 20.8 Å². The van der Waals surface area contributed by atoms with Crippen molar-refractivity contribution < 1.29 is 24.2 Å². The van der Waals surface area contributed by atoms with E-state index in [4.69, 9.17) is 14.6 Å². The molecule has 7 nitrogen and oxygen atoms in total. The second-order valence-electron chi connectivity index (χ2n) is 5.01. The van der Waals surface area contributed by atoms with Crippen molar-refractivity contribution in [3.63, 3.8) is 0 Å². The van der Waals surface area contributed by atoms with Gasteiger partial charge in [-0.3, -0.25) is 9.69 Å². The highest BCUT2D eigenvalue weighted by molar-refractivity contribution is 5.76. The topological polar surface area (TPSA) is 88.1 Å². The molecule has 0 aromatic heterocycles. The minimum atomic E-state index is -1.08. The highest BCUT2D eigenvalue weighted by Crippen LogP contribution is 2.09. The second-order valence-corrected chi connectivity index (χ2v) is 5.01. The van der Waals surface area contributed by atoms with Gasteiger partial charge in [0, 0.05) is 13.1 Å². The van der Waals surface area contributed by atoms with E-state index >= 15 is 0 Å². The molecule has 0 saturated heterocycles. The summed E-state index contributed by atoms with van der Waals surface area (Å²) in [4.78, 5) is 23.6. The number of amides is 1. The lowest BCUT2D eigenvalue weighted by atomic mass is 10.2. The molecule has 0 aliphatic carbocycles. The van der Waals surface area contributed by atoms with Gasteiger partial charge in [-0.2, -0.15) is 0 Å². The number of carbonyl (C=O) groups excluding carboxylic acids is 1. The quantitative estimate of drug-likeness (QED) is 0.629. The molecule has 0 aromatic rings. The van der Waals surface area contributed by atoms with Crippen LogP contribution in [0.25, 0.3) is 0 Å². The predicted octanol–water partition coefficient (Wildman–Crippen LogP) is 0.544. The number of aliphatic carboxylic acids is 1. The highest BCUT2D eigenvalue weighted by atomic mass is 16.6. The lowest BCUT2D eigenvalue weighted by Crippen LogP contribution is -2.41. The number of rotatable bonds is 8. The molecular weight excluding hydrogens is 252 g/mol. The van der Waals surface area contributed by atoms with Crippen molar-refractivity contribution >= 4 is 12.1 Å². The van der Waals surface area contributed by atoms with Crippen molar-refractivity contribution in [2.24, 2.45) is 0 Å². The Labute approximate surface area is 113 Å². The Morgan fingerprint density at radius 2 is 1.89 bits per heavy atom. The van der Waals surface area contributed by atoms with Gasteiger partial charge in [0.1, 0.15) is 12.1 Å². The number of carboxylic acids is 1. The predicted molar refractivity (Wildman–Crippen MR) is 70.2 cm³/mol. The fraction of sp³-hybridized carbons (Fsp3) is 0.833. The SMILES string of the molecule is CNCCOCCN(CC(=O)O)C(=O)OC(C)(C)C.